The number of hydrogen-bond acceptors (Lipinski definition) is 2. The number of rotatable bonds is 3. The van der Waals surface area contributed by atoms with Crippen LogP contribution in [0.5, 0.6) is 5.75 Å². The van der Waals surface area contributed by atoms with Gasteiger partial charge in [0, 0.05) is 11.8 Å². The summed E-state index contributed by atoms with van der Waals surface area (Å²) in [6, 6.07) is 5.93. The number of unbranched alkanes of at least 4 members (excludes halogenated alkanes) is 3. The number of phenols is 1. The molecule has 0 radical (unpaired) electrons. The second-order valence-corrected chi connectivity index (χ2v) is 9.66. The van der Waals surface area contributed by atoms with Gasteiger partial charge in [0.1, 0.15) is 11.4 Å². The molecule has 3 aliphatic rings. The number of fused-ring (bicyclic) bond motifs is 5. The van der Waals surface area contributed by atoms with Gasteiger partial charge >= 0.3 is 0 Å². The smallest absolute Gasteiger partial charge is 0.132 e. The molecule has 1 aromatic rings. The second-order valence-electron chi connectivity index (χ2n) is 9.66. The van der Waals surface area contributed by atoms with Crippen molar-refractivity contribution in [3.63, 3.8) is 0 Å². The first-order valence-electron chi connectivity index (χ1n) is 11.5. The Morgan fingerprint density at radius 1 is 1.10 bits per heavy atom. The SMILES string of the molecule is CCCCCC#CC#C[C@]1(O)CC[C@H]2[C@@H]3CCc4cc(O)ccc4[C@H]3CC[C@@]21C. The van der Waals surface area contributed by atoms with Crippen LogP contribution in [0, 0.1) is 40.9 Å². The fourth-order valence-corrected chi connectivity index (χ4v) is 6.49. The highest BCUT2D eigenvalue weighted by Crippen LogP contribution is 2.64. The fraction of sp³-hybridized carbons (Fsp3) is 0.630. The molecule has 4 rings (SSSR count). The van der Waals surface area contributed by atoms with Gasteiger partial charge in [-0.2, -0.15) is 0 Å². The minimum atomic E-state index is -0.907. The lowest BCUT2D eigenvalue weighted by atomic mass is 9.53. The van der Waals surface area contributed by atoms with Crippen molar-refractivity contribution in [3.8, 4) is 29.4 Å². The molecule has 0 spiro atoms. The topological polar surface area (TPSA) is 40.5 Å². The Morgan fingerprint density at radius 2 is 1.97 bits per heavy atom. The predicted molar refractivity (Wildman–Crippen MR) is 117 cm³/mol. The van der Waals surface area contributed by atoms with Crippen molar-refractivity contribution < 1.29 is 10.2 Å². The molecule has 0 saturated heterocycles. The van der Waals surface area contributed by atoms with Crippen LogP contribution in [0.25, 0.3) is 0 Å². The van der Waals surface area contributed by atoms with Crippen molar-refractivity contribution in [2.75, 3.05) is 0 Å². The monoisotopic (exact) mass is 390 g/mol. The van der Waals surface area contributed by atoms with Crippen molar-refractivity contribution in [3.05, 3.63) is 29.3 Å². The number of benzene rings is 1. The van der Waals surface area contributed by atoms with Gasteiger partial charge in [0.25, 0.3) is 0 Å². The van der Waals surface area contributed by atoms with E-state index in [1.807, 2.05) is 12.1 Å². The largest absolute Gasteiger partial charge is 0.508 e. The van der Waals surface area contributed by atoms with Crippen molar-refractivity contribution in [1.82, 2.24) is 0 Å². The van der Waals surface area contributed by atoms with Gasteiger partial charge in [-0.15, -0.1) is 0 Å². The summed E-state index contributed by atoms with van der Waals surface area (Å²) in [7, 11) is 0. The van der Waals surface area contributed by atoms with Crippen LogP contribution in [0.15, 0.2) is 18.2 Å². The minimum absolute atomic E-state index is 0.139. The maximum atomic E-state index is 11.5. The zero-order valence-corrected chi connectivity index (χ0v) is 17.9. The molecule has 0 heterocycles. The molecule has 1 aromatic carbocycles. The molecule has 2 heteroatoms. The fourth-order valence-electron chi connectivity index (χ4n) is 6.49. The molecule has 3 aliphatic carbocycles. The summed E-state index contributed by atoms with van der Waals surface area (Å²) in [5, 5.41) is 21.4. The Morgan fingerprint density at radius 3 is 2.79 bits per heavy atom. The normalized spacial score (nSPS) is 34.7. The Kier molecular flexibility index (Phi) is 5.68. The lowest BCUT2D eigenvalue weighted by Gasteiger charge is -2.52. The van der Waals surface area contributed by atoms with E-state index in [0.29, 0.717) is 23.5 Å². The lowest BCUT2D eigenvalue weighted by Crippen LogP contribution is -2.50. The summed E-state index contributed by atoms with van der Waals surface area (Å²) in [5.41, 5.74) is 1.71. The lowest BCUT2D eigenvalue weighted by molar-refractivity contribution is -0.0647. The van der Waals surface area contributed by atoms with Gasteiger partial charge in [0.15, 0.2) is 0 Å². The van der Waals surface area contributed by atoms with Crippen LogP contribution in [0.1, 0.15) is 88.7 Å². The van der Waals surface area contributed by atoms with E-state index in [2.05, 4.69) is 43.6 Å². The van der Waals surface area contributed by atoms with E-state index >= 15 is 0 Å². The highest BCUT2D eigenvalue weighted by atomic mass is 16.3. The van der Waals surface area contributed by atoms with Crippen LogP contribution < -0.4 is 0 Å². The molecule has 2 saturated carbocycles. The zero-order valence-electron chi connectivity index (χ0n) is 17.9. The third-order valence-electron chi connectivity index (χ3n) is 8.19. The number of hydrogen-bond donors (Lipinski definition) is 2. The van der Waals surface area contributed by atoms with Gasteiger partial charge in [-0.25, -0.2) is 0 Å². The van der Waals surface area contributed by atoms with E-state index in [4.69, 9.17) is 0 Å². The Hall–Kier alpha value is -1.90. The van der Waals surface area contributed by atoms with E-state index in [1.165, 1.54) is 24.0 Å². The van der Waals surface area contributed by atoms with Gasteiger partial charge in [-0.1, -0.05) is 44.6 Å². The summed E-state index contributed by atoms with van der Waals surface area (Å²) in [5.74, 6) is 14.4. The summed E-state index contributed by atoms with van der Waals surface area (Å²) in [6.07, 6.45) is 10.6. The number of aromatic hydroxyl groups is 1. The Bertz CT molecular complexity index is 879. The second kappa shape index (κ2) is 8.08. The van der Waals surface area contributed by atoms with Crippen molar-refractivity contribution in [1.29, 1.82) is 0 Å². The summed E-state index contributed by atoms with van der Waals surface area (Å²) >= 11 is 0. The standard InChI is InChI=1S/C27H34O2/c1-3-4-5-6-7-8-9-16-27(29)18-15-25-24-12-10-20-19-21(28)11-13-22(20)23(24)14-17-26(25,27)2/h11,13,19,23-25,28-29H,3-6,10,12,14-15,17-18H2,1-2H3/t23-,24-,25+,26+,27+/m1/s1. The average Bonchev–Trinajstić information content (AvgIpc) is 2.98. The molecule has 2 nitrogen and oxygen atoms in total. The van der Waals surface area contributed by atoms with Crippen LogP contribution in [0.4, 0.5) is 0 Å². The van der Waals surface area contributed by atoms with E-state index in [9.17, 15) is 10.2 Å². The van der Waals surface area contributed by atoms with E-state index in [-0.39, 0.29) is 5.41 Å². The molecule has 29 heavy (non-hydrogen) atoms. The van der Waals surface area contributed by atoms with Gasteiger partial charge in [0.2, 0.25) is 0 Å². The molecule has 0 aliphatic heterocycles. The average molecular weight is 391 g/mol. The van der Waals surface area contributed by atoms with Crippen molar-refractivity contribution in [2.24, 2.45) is 17.3 Å². The van der Waals surface area contributed by atoms with Crippen molar-refractivity contribution in [2.45, 2.75) is 89.6 Å². The maximum Gasteiger partial charge on any atom is 0.132 e. The van der Waals surface area contributed by atoms with Gasteiger partial charge in [-0.05, 0) is 97.8 Å². The molecule has 0 bridgehead atoms. The molecule has 154 valence electrons. The molecular formula is C27H34O2. The Balaban J connectivity index is 1.52. The zero-order chi connectivity index (χ0) is 20.5. The molecule has 5 atom stereocenters. The number of aryl methyl sites for hydroxylation is 1. The van der Waals surface area contributed by atoms with Gasteiger partial charge in [-0.3, -0.25) is 0 Å². The Labute approximate surface area is 176 Å². The number of aliphatic hydroxyl groups is 1. The highest BCUT2D eigenvalue weighted by molar-refractivity contribution is 5.41. The summed E-state index contributed by atoms with van der Waals surface area (Å²) in [4.78, 5) is 0. The van der Waals surface area contributed by atoms with Crippen LogP contribution in [-0.2, 0) is 6.42 Å². The van der Waals surface area contributed by atoms with E-state index in [1.54, 1.807) is 0 Å². The van der Waals surface area contributed by atoms with Crippen LogP contribution in [0.3, 0.4) is 0 Å². The maximum absolute atomic E-state index is 11.5. The molecule has 0 unspecified atom stereocenters. The quantitative estimate of drug-likeness (QED) is 0.523. The third-order valence-corrected chi connectivity index (χ3v) is 8.19. The van der Waals surface area contributed by atoms with Crippen LogP contribution >= 0.6 is 0 Å². The first-order valence-corrected chi connectivity index (χ1v) is 11.5. The summed E-state index contributed by atoms with van der Waals surface area (Å²) in [6.45, 7) is 4.47. The highest BCUT2D eigenvalue weighted by Gasteiger charge is 2.61. The van der Waals surface area contributed by atoms with E-state index < -0.39 is 5.60 Å². The van der Waals surface area contributed by atoms with Crippen LogP contribution in [0.2, 0.25) is 0 Å². The van der Waals surface area contributed by atoms with Crippen molar-refractivity contribution >= 4 is 0 Å². The van der Waals surface area contributed by atoms with E-state index in [0.717, 1.165) is 51.4 Å². The number of phenolic OH excluding ortho intramolecular Hbond substituents is 1. The van der Waals surface area contributed by atoms with Gasteiger partial charge in [0.05, 0.1) is 0 Å². The molecule has 0 amide bonds. The first kappa shape index (κ1) is 20.4. The molecule has 2 N–H and O–H groups in total. The molecular weight excluding hydrogens is 356 g/mol. The van der Waals surface area contributed by atoms with Gasteiger partial charge < -0.3 is 10.2 Å². The summed E-state index contributed by atoms with van der Waals surface area (Å²) < 4.78 is 0. The first-order chi connectivity index (χ1) is 14.0. The minimum Gasteiger partial charge on any atom is -0.508 e. The predicted octanol–water partition coefficient (Wildman–Crippen LogP) is 5.57. The molecule has 2 fully saturated rings. The third kappa shape index (κ3) is 3.58. The molecule has 0 aromatic heterocycles. The van der Waals surface area contributed by atoms with Crippen LogP contribution in [-0.4, -0.2) is 15.8 Å².